The number of para-hydroxylation sites is 2. The predicted molar refractivity (Wildman–Crippen MR) is 152 cm³/mol. The van der Waals surface area contributed by atoms with E-state index in [0.29, 0.717) is 39.0 Å². The number of dihydropyridines is 1. The molecule has 0 radical (unpaired) electrons. The maximum atomic E-state index is 13.6. The van der Waals surface area contributed by atoms with Gasteiger partial charge in [0.05, 0.1) is 41.1 Å². The second-order valence-corrected chi connectivity index (χ2v) is 9.70. The Morgan fingerprint density at radius 2 is 1.66 bits per heavy atom. The maximum absolute atomic E-state index is 13.6. The first-order chi connectivity index (χ1) is 18.4. The summed E-state index contributed by atoms with van der Waals surface area (Å²) >= 11 is 1.23. The summed E-state index contributed by atoms with van der Waals surface area (Å²) in [5.74, 6) is -0.519. The van der Waals surface area contributed by atoms with Gasteiger partial charge in [-0.1, -0.05) is 71.9 Å². The highest BCUT2D eigenvalue weighted by Gasteiger charge is 2.35. The molecule has 3 N–H and O–H groups in total. The largest absolute Gasteiger partial charge is 0.495 e. The van der Waals surface area contributed by atoms with Gasteiger partial charge in [-0.25, -0.2) is 0 Å². The van der Waals surface area contributed by atoms with Crippen molar-refractivity contribution in [2.45, 2.75) is 19.8 Å². The smallest absolute Gasteiger partial charge is 0.254 e. The Morgan fingerprint density at radius 3 is 2.34 bits per heavy atom. The second kappa shape index (κ2) is 12.2. The van der Waals surface area contributed by atoms with Crippen LogP contribution in [0.3, 0.4) is 0 Å². The number of thioether (sulfide) groups is 1. The molecule has 1 aliphatic heterocycles. The van der Waals surface area contributed by atoms with Crippen LogP contribution < -0.4 is 20.7 Å². The average Bonchev–Trinajstić information content (AvgIpc) is 2.93. The molecule has 1 atom stereocenters. The fourth-order valence-electron chi connectivity index (χ4n) is 4.22. The van der Waals surface area contributed by atoms with Gasteiger partial charge in [0.15, 0.2) is 0 Å². The molecule has 8 heteroatoms. The molecule has 0 aromatic heterocycles. The number of allylic oxidation sites excluding steroid dienone is 2. The first-order valence-corrected chi connectivity index (χ1v) is 13.0. The molecule has 0 fully saturated rings. The van der Waals surface area contributed by atoms with Gasteiger partial charge in [-0.2, -0.15) is 5.26 Å². The number of methoxy groups -OCH3 is 1. The molecular weight excluding hydrogens is 496 g/mol. The maximum Gasteiger partial charge on any atom is 0.254 e. The Bertz CT molecular complexity index is 1440. The molecule has 3 aromatic carbocycles. The summed E-state index contributed by atoms with van der Waals surface area (Å²) in [6.07, 6.45) is 0. The van der Waals surface area contributed by atoms with Crippen LogP contribution in [0.5, 0.6) is 5.75 Å². The van der Waals surface area contributed by atoms with E-state index in [2.05, 4.69) is 22.0 Å². The van der Waals surface area contributed by atoms with Gasteiger partial charge in [-0.15, -0.1) is 0 Å². The summed E-state index contributed by atoms with van der Waals surface area (Å²) in [6, 6.07) is 26.4. The van der Waals surface area contributed by atoms with Crippen molar-refractivity contribution in [3.63, 3.8) is 0 Å². The molecule has 0 bridgehead atoms. The van der Waals surface area contributed by atoms with Crippen LogP contribution in [-0.4, -0.2) is 24.7 Å². The highest BCUT2D eigenvalue weighted by molar-refractivity contribution is 8.03. The van der Waals surface area contributed by atoms with Crippen molar-refractivity contribution < 1.29 is 14.3 Å². The van der Waals surface area contributed by atoms with Crippen molar-refractivity contribution in [2.24, 2.45) is 0 Å². The van der Waals surface area contributed by atoms with Crippen molar-refractivity contribution in [2.75, 3.05) is 23.5 Å². The third-order valence-electron chi connectivity index (χ3n) is 6.06. The molecule has 3 aromatic rings. The third-order valence-corrected chi connectivity index (χ3v) is 7.08. The van der Waals surface area contributed by atoms with Gasteiger partial charge in [0, 0.05) is 17.0 Å². The molecule has 0 saturated heterocycles. The Balaban J connectivity index is 1.61. The van der Waals surface area contributed by atoms with Crippen molar-refractivity contribution in [3.05, 3.63) is 112 Å². The quantitative estimate of drug-likeness (QED) is 0.349. The van der Waals surface area contributed by atoms with Crippen molar-refractivity contribution in [1.29, 1.82) is 5.26 Å². The van der Waals surface area contributed by atoms with Crippen molar-refractivity contribution in [3.8, 4) is 11.8 Å². The van der Waals surface area contributed by atoms with Gasteiger partial charge in [0.2, 0.25) is 5.91 Å². The standard InChI is InChI=1S/C30H28N4O3S/c1-19-13-15-22(16-14-19)33-26(35)18-38-30-23(17-31)28(21-9-5-4-6-10-21)27(20(2)32-30)29(36)34-24-11-7-8-12-25(24)37-3/h4-16,28,32H,18H2,1-3H3,(H,33,35)(H,34,36)/t28-/m0/s1. The minimum atomic E-state index is -0.611. The van der Waals surface area contributed by atoms with Crippen LogP contribution in [0.25, 0.3) is 0 Å². The number of nitriles is 1. The Hall–Kier alpha value is -4.48. The van der Waals surface area contributed by atoms with E-state index in [1.807, 2.05) is 73.7 Å². The lowest BCUT2D eigenvalue weighted by Crippen LogP contribution is -2.31. The van der Waals surface area contributed by atoms with Gasteiger partial charge >= 0.3 is 0 Å². The Kier molecular flexibility index (Phi) is 8.51. The molecule has 1 heterocycles. The van der Waals surface area contributed by atoms with Gasteiger partial charge in [-0.3, -0.25) is 9.59 Å². The van der Waals surface area contributed by atoms with Crippen molar-refractivity contribution in [1.82, 2.24) is 5.32 Å². The SMILES string of the molecule is COc1ccccc1NC(=O)C1=C(C)NC(SCC(=O)Nc2ccc(C)cc2)=C(C#N)[C@@H]1c1ccccc1. The van der Waals surface area contributed by atoms with E-state index in [-0.39, 0.29) is 17.6 Å². The van der Waals surface area contributed by atoms with E-state index < -0.39 is 5.92 Å². The molecule has 192 valence electrons. The van der Waals surface area contributed by atoms with E-state index in [1.165, 1.54) is 11.8 Å². The van der Waals surface area contributed by atoms with E-state index in [0.717, 1.165) is 11.1 Å². The predicted octanol–water partition coefficient (Wildman–Crippen LogP) is 5.71. The van der Waals surface area contributed by atoms with Gasteiger partial charge in [-0.05, 0) is 43.7 Å². The summed E-state index contributed by atoms with van der Waals surface area (Å²) in [7, 11) is 1.54. The fourth-order valence-corrected chi connectivity index (χ4v) is 5.11. The molecular formula is C30H28N4O3S. The number of nitrogens with zero attached hydrogens (tertiary/aromatic N) is 1. The normalized spacial score (nSPS) is 14.8. The van der Waals surface area contributed by atoms with Crippen LogP contribution >= 0.6 is 11.8 Å². The van der Waals surface area contributed by atoms with E-state index in [1.54, 1.807) is 26.2 Å². The minimum Gasteiger partial charge on any atom is -0.495 e. The Morgan fingerprint density at radius 1 is 0.974 bits per heavy atom. The van der Waals surface area contributed by atoms with Crippen LogP contribution in [0, 0.1) is 18.3 Å². The second-order valence-electron chi connectivity index (χ2n) is 8.72. The number of ether oxygens (including phenoxy) is 1. The van der Waals surface area contributed by atoms with E-state index >= 15 is 0 Å². The van der Waals surface area contributed by atoms with Crippen LogP contribution in [0.15, 0.2) is 101 Å². The fraction of sp³-hybridized carbons (Fsp3) is 0.167. The molecule has 38 heavy (non-hydrogen) atoms. The van der Waals surface area contributed by atoms with Gasteiger partial charge in [0.1, 0.15) is 5.75 Å². The number of amides is 2. The molecule has 2 amide bonds. The van der Waals surface area contributed by atoms with Crippen molar-refractivity contribution >= 4 is 35.0 Å². The monoisotopic (exact) mass is 524 g/mol. The number of carbonyl (C=O) groups excluding carboxylic acids is 2. The summed E-state index contributed by atoms with van der Waals surface area (Å²) in [5, 5.41) is 19.8. The zero-order valence-electron chi connectivity index (χ0n) is 21.4. The number of hydrogen-bond acceptors (Lipinski definition) is 6. The molecule has 1 aliphatic rings. The minimum absolute atomic E-state index is 0.0962. The lowest BCUT2D eigenvalue weighted by atomic mass is 9.82. The van der Waals surface area contributed by atoms with E-state index in [9.17, 15) is 14.9 Å². The molecule has 4 rings (SSSR count). The number of nitrogens with one attached hydrogen (secondary N) is 3. The average molecular weight is 525 g/mol. The van der Waals surface area contributed by atoms with Crippen LogP contribution in [-0.2, 0) is 9.59 Å². The Labute approximate surface area is 226 Å². The zero-order chi connectivity index (χ0) is 27.1. The summed E-state index contributed by atoms with van der Waals surface area (Å²) in [4.78, 5) is 26.3. The number of rotatable bonds is 8. The summed E-state index contributed by atoms with van der Waals surface area (Å²) < 4.78 is 5.38. The summed E-state index contributed by atoms with van der Waals surface area (Å²) in [6.45, 7) is 3.78. The number of carbonyl (C=O) groups is 2. The first-order valence-electron chi connectivity index (χ1n) is 12.0. The van der Waals surface area contributed by atoms with Crippen LogP contribution in [0.4, 0.5) is 11.4 Å². The zero-order valence-corrected chi connectivity index (χ0v) is 22.2. The number of aryl methyl sites for hydroxylation is 1. The molecule has 7 nitrogen and oxygen atoms in total. The lowest BCUT2D eigenvalue weighted by molar-refractivity contribution is -0.114. The molecule has 0 unspecified atom stereocenters. The summed E-state index contributed by atoms with van der Waals surface area (Å²) in [5.41, 5.74) is 4.55. The van der Waals surface area contributed by atoms with Crippen LogP contribution in [0.2, 0.25) is 0 Å². The molecule has 0 spiro atoms. The highest BCUT2D eigenvalue weighted by Crippen LogP contribution is 2.41. The number of benzene rings is 3. The lowest BCUT2D eigenvalue weighted by Gasteiger charge is -2.30. The molecule has 0 saturated carbocycles. The topological polar surface area (TPSA) is 103 Å². The molecule has 0 aliphatic carbocycles. The van der Waals surface area contributed by atoms with Gasteiger partial charge < -0.3 is 20.7 Å². The van der Waals surface area contributed by atoms with Crippen LogP contribution in [0.1, 0.15) is 24.0 Å². The third kappa shape index (κ3) is 6.07. The number of anilines is 2. The van der Waals surface area contributed by atoms with Gasteiger partial charge in [0.25, 0.3) is 5.91 Å². The first kappa shape index (κ1) is 26.6. The van der Waals surface area contributed by atoms with E-state index in [4.69, 9.17) is 4.74 Å². The highest BCUT2D eigenvalue weighted by atomic mass is 32.2. The number of hydrogen-bond donors (Lipinski definition) is 3.